The van der Waals surface area contributed by atoms with E-state index in [1.165, 1.54) is 64.1 Å². The molecule has 0 radical (unpaired) electrons. The van der Waals surface area contributed by atoms with Gasteiger partial charge in [0.05, 0.1) is 117 Å². The Bertz CT molecular complexity index is 5570. The zero-order valence-corrected chi connectivity index (χ0v) is 76.8. The number of ether oxygens (including phenoxy) is 1. The molecule has 8 fully saturated rings. The molecule has 127 heavy (non-hydrogen) atoms. The first-order valence-corrected chi connectivity index (χ1v) is 46.5. The van der Waals surface area contributed by atoms with E-state index in [1.54, 1.807) is 11.8 Å². The van der Waals surface area contributed by atoms with Crippen LogP contribution in [0.4, 0.5) is 30.6 Å². The van der Waals surface area contributed by atoms with Gasteiger partial charge in [0.1, 0.15) is 40.0 Å². The largest absolute Gasteiger partial charge is 0.522 e. The van der Waals surface area contributed by atoms with Crippen LogP contribution in [0.5, 0.6) is 0 Å². The summed E-state index contributed by atoms with van der Waals surface area (Å²) in [4.78, 5) is 65.2. The number of anilines is 3. The molecule has 8 aliphatic heterocycles. The van der Waals surface area contributed by atoms with Gasteiger partial charge in [-0.3, -0.25) is 61.9 Å². The molecule has 24 nitrogen and oxygen atoms in total. The van der Waals surface area contributed by atoms with Crippen LogP contribution < -0.4 is 14.7 Å². The van der Waals surface area contributed by atoms with Crippen molar-refractivity contribution in [3.63, 3.8) is 0 Å². The number of nitrogens with zero attached hydrogens (tertiary/aromatic N) is 23. The van der Waals surface area contributed by atoms with Crippen molar-refractivity contribution in [1.82, 2.24) is 96.7 Å². The fourth-order valence-corrected chi connectivity index (χ4v) is 21.2. The van der Waals surface area contributed by atoms with E-state index >= 15 is 0 Å². The summed E-state index contributed by atoms with van der Waals surface area (Å²) in [5.74, 6) is 3.35. The molecule has 0 N–H and O–H groups in total. The van der Waals surface area contributed by atoms with Crippen LogP contribution in [-0.2, 0) is 11.3 Å². The maximum atomic E-state index is 13.2. The van der Waals surface area contributed by atoms with Gasteiger partial charge in [-0.1, -0.05) is 59.6 Å². The third-order valence-corrected chi connectivity index (χ3v) is 28.7. The van der Waals surface area contributed by atoms with Crippen molar-refractivity contribution < 1.29 is 17.9 Å². The van der Waals surface area contributed by atoms with Crippen molar-refractivity contribution >= 4 is 57.7 Å². The molecule has 8 aliphatic rings. The number of alkyl halides is 3. The van der Waals surface area contributed by atoms with Crippen LogP contribution in [-0.4, -0.2) is 251 Å². The first-order chi connectivity index (χ1) is 61.6. The number of hydrogen-bond acceptors (Lipinski definition) is 20. The molecule has 12 aromatic rings. The van der Waals surface area contributed by atoms with Gasteiger partial charge in [0.15, 0.2) is 0 Å². The number of fused-ring (bicyclic) bond motifs is 4. The number of imidazole rings is 4. The van der Waals surface area contributed by atoms with Crippen molar-refractivity contribution in [2.24, 2.45) is 0 Å². The number of pyridine rings is 8. The highest BCUT2D eigenvalue weighted by Gasteiger charge is 2.41. The summed E-state index contributed by atoms with van der Waals surface area (Å²) in [5.41, 5.74) is 19.3. The Hall–Kier alpha value is -9.78. The lowest BCUT2D eigenvalue weighted by atomic mass is 9.90. The molecule has 0 spiro atoms. The van der Waals surface area contributed by atoms with Gasteiger partial charge in [-0.15, -0.1) is 13.2 Å². The summed E-state index contributed by atoms with van der Waals surface area (Å²) in [6.07, 6.45) is 27.2. The lowest BCUT2D eigenvalue weighted by molar-refractivity contribution is -0.330. The molecule has 12 aromatic heterocycles. The smallest absolute Gasteiger partial charge is 0.355 e. The Morgan fingerprint density at radius 2 is 0.732 bits per heavy atom. The molecule has 8 atom stereocenters. The molecule has 28 heteroatoms. The predicted octanol–water partition coefficient (Wildman–Crippen LogP) is 17.5. The Balaban J connectivity index is 0.000000120. The number of piperazine rings is 3. The fraction of sp³-hybridized carbons (Fsp3) is 0.495. The van der Waals surface area contributed by atoms with Gasteiger partial charge in [-0.2, -0.15) is 0 Å². The predicted molar refractivity (Wildman–Crippen MR) is 500 cm³/mol. The summed E-state index contributed by atoms with van der Waals surface area (Å²) in [7, 11) is 17.4. The highest BCUT2D eigenvalue weighted by atomic mass is 35.5. The first-order valence-electron chi connectivity index (χ1n) is 46.1. The molecule has 672 valence electrons. The molecule has 8 saturated heterocycles. The number of likely N-dealkylation sites (N-methyl/N-ethyl adjacent to an activating group) is 3. The molecular formula is C99H127ClF3N23O. The van der Waals surface area contributed by atoms with E-state index in [0.717, 1.165) is 219 Å². The van der Waals surface area contributed by atoms with Crippen LogP contribution in [0.25, 0.3) is 28.7 Å². The third kappa shape index (κ3) is 19.7. The highest BCUT2D eigenvalue weighted by Crippen LogP contribution is 2.47. The molecule has 0 amide bonds. The van der Waals surface area contributed by atoms with Crippen LogP contribution in [0.1, 0.15) is 212 Å². The minimum Gasteiger partial charge on any atom is -0.355 e. The molecule has 0 aromatic carbocycles. The summed E-state index contributed by atoms with van der Waals surface area (Å²) in [6, 6.07) is 43.0. The first kappa shape index (κ1) is 89.2. The van der Waals surface area contributed by atoms with E-state index < -0.39 is 13.0 Å². The van der Waals surface area contributed by atoms with Crippen molar-refractivity contribution in [2.45, 2.75) is 172 Å². The monoisotopic (exact) mass is 1750 g/mol. The molecule has 0 saturated carbocycles. The number of likely N-dealkylation sites (tertiary alicyclic amines) is 5. The SMILES string of the molecule is CN1CCN(c2cccc3nc([C@H]4CCC[C@@H](c5ncccc5Cl)N4C)cn23)CC1.Cc1cccnc1[C@@H]1CCC[C@H](c2cn3c(N4CCN(C)CC4)cccc3n2)N1C.Cc1cccnc1[C@@H]1CCC[C@H](c2nc3cccc(N4CCN(C)CC4)n3c2COC(F)(F)F)N1C.Cc1cccnc1[C@@H]1CCC[C@H](c2nc3ccccn3c2C=C2CCN(C)CC2)N1C. The zero-order chi connectivity index (χ0) is 88.1. The molecule has 0 unspecified atom stereocenters. The van der Waals surface area contributed by atoms with Gasteiger partial charge in [-0.05, 0) is 269 Å². The molecule has 0 aliphatic carbocycles. The lowest BCUT2D eigenvalue weighted by Crippen LogP contribution is -2.45. The van der Waals surface area contributed by atoms with Crippen molar-refractivity contribution in [1.29, 1.82) is 0 Å². The highest BCUT2D eigenvalue weighted by molar-refractivity contribution is 6.31. The number of rotatable bonds is 14. The van der Waals surface area contributed by atoms with Gasteiger partial charge in [0, 0.05) is 135 Å². The van der Waals surface area contributed by atoms with E-state index in [4.69, 9.17) is 41.5 Å². The Labute approximate surface area is 751 Å². The zero-order valence-electron chi connectivity index (χ0n) is 76.0. The summed E-state index contributed by atoms with van der Waals surface area (Å²) >= 11 is 6.48. The van der Waals surface area contributed by atoms with Crippen molar-refractivity contribution in [2.75, 3.05) is 163 Å². The van der Waals surface area contributed by atoms with Gasteiger partial charge in [-0.25, -0.2) is 19.9 Å². The average molecular weight is 1750 g/mol. The van der Waals surface area contributed by atoms with E-state index in [2.05, 4.69) is 249 Å². The van der Waals surface area contributed by atoms with Crippen LogP contribution in [0.15, 0.2) is 170 Å². The van der Waals surface area contributed by atoms with Crippen LogP contribution in [0, 0.1) is 20.8 Å². The molecule has 20 heterocycles. The molecule has 0 bridgehead atoms. The van der Waals surface area contributed by atoms with Crippen LogP contribution >= 0.6 is 11.6 Å². The topological polar surface area (TPSA) is 166 Å². The van der Waals surface area contributed by atoms with Gasteiger partial charge >= 0.3 is 6.36 Å². The summed E-state index contributed by atoms with van der Waals surface area (Å²) in [6.45, 7) is 20.1. The van der Waals surface area contributed by atoms with Crippen molar-refractivity contribution in [3.05, 3.63) is 249 Å². The maximum absolute atomic E-state index is 13.2. The summed E-state index contributed by atoms with van der Waals surface area (Å²) in [5, 5.41) is 0.752. The van der Waals surface area contributed by atoms with E-state index in [1.807, 2.05) is 78.6 Å². The molecule has 20 rings (SSSR count). The second-order valence-electron chi connectivity index (χ2n) is 36.6. The lowest BCUT2D eigenvalue weighted by Gasteiger charge is -2.39. The number of aromatic nitrogens is 12. The fourth-order valence-electron chi connectivity index (χ4n) is 21.0. The summed E-state index contributed by atoms with van der Waals surface area (Å²) < 4.78 is 52.9. The standard InChI is InChI=1S/C26H33F3N6O.C26H33N5.C24H32N6.C23H29ClN6/c1-18-7-6-12-30-24(18)19-8-4-9-20(33(19)3)25-21(17-36-26(27,28)29)35-22(31-25)10-5-11-23(35)34-15-13-32(2)14-16-34;1-19-8-7-14-27-25(19)21-9-6-10-22(30(21)3)26-23(18-20-12-16-29(2)17-13-20)31-15-5-4-11-24(31)28-26;1-18-7-6-12-25-24(18)21-9-4-8-20(28(21)3)19-17-30-22(26-19)10-5-11-23(30)29-15-13-27(2)14-16-29;1-27-12-14-29(15-13-27)22-10-4-9-21-26-18(16-30(21)22)19-7-3-8-20(28(19)2)23-17(24)6-5-11-25-23/h5-7,10-12,19-20H,4,8-9,13-17H2,1-3H3;4-5,7-8,11,14-15,18,21-22H,6,9-10,12-13,16-17H2,1-3H3;5-7,10-12,17,20-21H,4,8-9,13-16H2,1-3H3;4-6,9-11,16,19-20H,3,7-8,12-15H2,1-2H3/t19-,20+;21-,22+;20-,21+;19-,20+/m0011/s1. The Kier molecular flexibility index (Phi) is 27.9. The third-order valence-electron chi connectivity index (χ3n) is 28.4. The molecular weight excluding hydrogens is 1620 g/mol. The van der Waals surface area contributed by atoms with E-state index in [-0.39, 0.29) is 24.2 Å². The number of aryl methyl sites for hydroxylation is 3. The number of hydrogen-bond donors (Lipinski definition) is 0. The number of piperidine rings is 5. The van der Waals surface area contributed by atoms with Crippen LogP contribution in [0.2, 0.25) is 5.02 Å². The van der Waals surface area contributed by atoms with E-state index in [0.29, 0.717) is 41.2 Å². The second-order valence-corrected chi connectivity index (χ2v) is 37.0. The van der Waals surface area contributed by atoms with E-state index in [9.17, 15) is 13.2 Å². The number of halogens is 4. The minimum absolute atomic E-state index is 0.0725. The Morgan fingerprint density at radius 3 is 1.18 bits per heavy atom. The van der Waals surface area contributed by atoms with Crippen molar-refractivity contribution in [3.8, 4) is 0 Å². The quantitative estimate of drug-likeness (QED) is 0.101. The van der Waals surface area contributed by atoms with Crippen LogP contribution in [0.3, 0.4) is 0 Å². The minimum atomic E-state index is -4.73. The Morgan fingerprint density at radius 1 is 0.370 bits per heavy atom. The van der Waals surface area contributed by atoms with Gasteiger partial charge in [0.2, 0.25) is 0 Å². The average Bonchev–Trinajstić information content (AvgIpc) is 1.61. The maximum Gasteiger partial charge on any atom is 0.522 e. The normalized spacial score (nSPS) is 23.4. The van der Waals surface area contributed by atoms with Gasteiger partial charge < -0.3 is 34.3 Å². The van der Waals surface area contributed by atoms with Gasteiger partial charge in [0.25, 0.3) is 0 Å². The second kappa shape index (κ2) is 39.7.